The Hall–Kier alpha value is -4.86. The van der Waals surface area contributed by atoms with E-state index in [0.29, 0.717) is 58.4 Å². The van der Waals surface area contributed by atoms with E-state index in [9.17, 15) is 19.1 Å². The zero-order valence-corrected chi connectivity index (χ0v) is 23.5. The smallest absolute Gasteiger partial charge is 0.337 e. The molecule has 0 aliphatic carbocycles. The quantitative estimate of drug-likeness (QED) is 0.345. The van der Waals surface area contributed by atoms with Gasteiger partial charge in [-0.15, -0.1) is 0 Å². The summed E-state index contributed by atoms with van der Waals surface area (Å²) in [5, 5.41) is 16.0. The van der Waals surface area contributed by atoms with Crippen molar-refractivity contribution in [2.24, 2.45) is 5.10 Å². The number of carboxylic acids is 1. The molecule has 218 valence electrons. The number of halogens is 1. The SMILES string of the molecule is C=C1C(c2ccc(C(=O)OC)cc2)=NN(c2ccc(OC3CCN(c4cc(OC)ccc4F)CC3)cc2)[C@H]1CC(=O)O. The Labute approximate surface area is 243 Å². The molecule has 2 aliphatic rings. The number of carbonyl (C=O) groups is 2. The van der Waals surface area contributed by atoms with Gasteiger partial charge in [0, 0.05) is 37.6 Å². The molecule has 2 heterocycles. The van der Waals surface area contributed by atoms with E-state index in [1.807, 2.05) is 29.2 Å². The molecular weight excluding hydrogens is 541 g/mol. The van der Waals surface area contributed by atoms with Gasteiger partial charge in [-0.05, 0) is 54.1 Å². The van der Waals surface area contributed by atoms with Crippen LogP contribution >= 0.6 is 0 Å². The van der Waals surface area contributed by atoms with Gasteiger partial charge in [-0.2, -0.15) is 5.10 Å². The van der Waals surface area contributed by atoms with Gasteiger partial charge in [0.15, 0.2) is 0 Å². The Balaban J connectivity index is 1.27. The minimum absolute atomic E-state index is 0.0234. The van der Waals surface area contributed by atoms with Gasteiger partial charge in [0.2, 0.25) is 0 Å². The summed E-state index contributed by atoms with van der Waals surface area (Å²) in [4.78, 5) is 25.5. The largest absolute Gasteiger partial charge is 0.497 e. The molecule has 1 atom stereocenters. The molecule has 3 aromatic rings. The van der Waals surface area contributed by atoms with Gasteiger partial charge in [0.05, 0.1) is 49.3 Å². The number of hydrazone groups is 1. The standard InChI is InChI=1S/C32H32FN3O6/c1-20-28(19-30(37)38)36(34-31(20)21-4-6-22(7-5-21)32(39)41-3)23-8-10-24(11-9-23)42-25-14-16-35(17-15-25)29-18-26(40-2)12-13-27(29)33/h4-13,18,25,28H,1,14-17,19H2,2-3H3,(H,37,38)/t28-/m0/s1. The zero-order valence-electron chi connectivity index (χ0n) is 23.5. The number of hydrogen-bond acceptors (Lipinski definition) is 8. The van der Waals surface area contributed by atoms with E-state index in [0.717, 1.165) is 12.8 Å². The van der Waals surface area contributed by atoms with Crippen LogP contribution in [0.3, 0.4) is 0 Å². The Morgan fingerprint density at radius 3 is 2.29 bits per heavy atom. The number of carbonyl (C=O) groups excluding carboxylic acids is 1. The van der Waals surface area contributed by atoms with E-state index in [-0.39, 0.29) is 18.3 Å². The highest BCUT2D eigenvalue weighted by atomic mass is 19.1. The van der Waals surface area contributed by atoms with E-state index in [2.05, 4.69) is 6.58 Å². The summed E-state index contributed by atoms with van der Waals surface area (Å²) in [5.74, 6) is -0.396. The number of hydrogen-bond donors (Lipinski definition) is 1. The second kappa shape index (κ2) is 12.3. The van der Waals surface area contributed by atoms with Crippen molar-refractivity contribution in [2.45, 2.75) is 31.4 Å². The zero-order chi connectivity index (χ0) is 29.8. The van der Waals surface area contributed by atoms with Gasteiger partial charge in [0.1, 0.15) is 23.4 Å². The van der Waals surface area contributed by atoms with Gasteiger partial charge in [-0.3, -0.25) is 9.80 Å². The molecule has 0 saturated carbocycles. The first-order chi connectivity index (χ1) is 20.3. The number of ether oxygens (including phenoxy) is 3. The van der Waals surface area contributed by atoms with Gasteiger partial charge in [-0.1, -0.05) is 18.7 Å². The summed E-state index contributed by atoms with van der Waals surface area (Å²) < 4.78 is 30.6. The third-order valence-corrected chi connectivity index (χ3v) is 7.50. The molecule has 5 rings (SSSR count). The van der Waals surface area contributed by atoms with Crippen molar-refractivity contribution in [1.82, 2.24) is 0 Å². The lowest BCUT2D eigenvalue weighted by Crippen LogP contribution is -2.38. The van der Waals surface area contributed by atoms with Crippen LogP contribution in [0.4, 0.5) is 15.8 Å². The summed E-state index contributed by atoms with van der Waals surface area (Å²) in [6, 6.07) is 18.3. The maximum absolute atomic E-state index is 14.4. The van der Waals surface area contributed by atoms with Crippen LogP contribution in [-0.4, -0.2) is 62.2 Å². The number of aliphatic carboxylic acids is 1. The average Bonchev–Trinajstić information content (AvgIpc) is 3.32. The predicted molar refractivity (Wildman–Crippen MR) is 157 cm³/mol. The van der Waals surface area contributed by atoms with E-state index in [4.69, 9.17) is 19.3 Å². The van der Waals surface area contributed by atoms with Crippen molar-refractivity contribution in [2.75, 3.05) is 37.2 Å². The summed E-state index contributed by atoms with van der Waals surface area (Å²) in [6.07, 6.45) is 1.25. The van der Waals surface area contributed by atoms with Crippen molar-refractivity contribution < 1.29 is 33.3 Å². The van der Waals surface area contributed by atoms with Gasteiger partial charge >= 0.3 is 11.9 Å². The molecule has 0 radical (unpaired) electrons. The molecule has 0 bridgehead atoms. The second-order valence-corrected chi connectivity index (χ2v) is 10.1. The molecule has 3 aromatic carbocycles. The van der Waals surface area contributed by atoms with Crippen LogP contribution in [0.1, 0.15) is 35.2 Å². The highest BCUT2D eigenvalue weighted by Gasteiger charge is 2.34. The van der Waals surface area contributed by atoms with Crippen LogP contribution < -0.4 is 19.4 Å². The average molecular weight is 574 g/mol. The lowest BCUT2D eigenvalue weighted by molar-refractivity contribution is -0.137. The van der Waals surface area contributed by atoms with Crippen LogP contribution in [0, 0.1) is 5.82 Å². The minimum Gasteiger partial charge on any atom is -0.497 e. The fourth-order valence-corrected chi connectivity index (χ4v) is 5.23. The Morgan fingerprint density at radius 1 is 1.00 bits per heavy atom. The van der Waals surface area contributed by atoms with E-state index < -0.39 is 18.0 Å². The summed E-state index contributed by atoms with van der Waals surface area (Å²) in [5.41, 5.74) is 3.46. The van der Waals surface area contributed by atoms with Gasteiger partial charge in [-0.25, -0.2) is 9.18 Å². The number of methoxy groups -OCH3 is 2. The summed E-state index contributed by atoms with van der Waals surface area (Å²) in [7, 11) is 2.88. The van der Waals surface area contributed by atoms with Gasteiger partial charge in [0.25, 0.3) is 0 Å². The van der Waals surface area contributed by atoms with Crippen LogP contribution in [0.25, 0.3) is 0 Å². The van der Waals surface area contributed by atoms with Crippen molar-refractivity contribution in [3.63, 3.8) is 0 Å². The molecule has 0 aromatic heterocycles. The van der Waals surface area contributed by atoms with E-state index >= 15 is 0 Å². The summed E-state index contributed by atoms with van der Waals surface area (Å²) >= 11 is 0. The molecule has 1 N–H and O–H groups in total. The Kier molecular flexibility index (Phi) is 8.42. The number of benzene rings is 3. The van der Waals surface area contributed by atoms with Crippen molar-refractivity contribution >= 4 is 29.0 Å². The highest BCUT2D eigenvalue weighted by Crippen LogP contribution is 2.34. The number of carboxylic acid groups (broad SMARTS) is 1. The van der Waals surface area contributed by atoms with E-state index in [1.165, 1.54) is 13.2 Å². The predicted octanol–water partition coefficient (Wildman–Crippen LogP) is 5.29. The topological polar surface area (TPSA) is 101 Å². The fourth-order valence-electron chi connectivity index (χ4n) is 5.23. The minimum atomic E-state index is -0.969. The number of anilines is 2. The first-order valence-electron chi connectivity index (χ1n) is 13.6. The van der Waals surface area contributed by atoms with Gasteiger partial charge < -0.3 is 24.2 Å². The molecule has 0 unspecified atom stereocenters. The number of nitrogens with zero attached hydrogens (tertiary/aromatic N) is 3. The molecule has 0 spiro atoms. The molecule has 1 fully saturated rings. The molecular formula is C32H32FN3O6. The third-order valence-electron chi connectivity index (χ3n) is 7.50. The van der Waals surface area contributed by atoms with Crippen LogP contribution in [-0.2, 0) is 9.53 Å². The first kappa shape index (κ1) is 28.7. The molecule has 0 amide bonds. The van der Waals surface area contributed by atoms with Crippen LogP contribution in [0.2, 0.25) is 0 Å². The molecule has 1 saturated heterocycles. The molecule has 42 heavy (non-hydrogen) atoms. The lowest BCUT2D eigenvalue weighted by Gasteiger charge is -2.34. The maximum atomic E-state index is 14.4. The van der Waals surface area contributed by atoms with E-state index in [1.54, 1.807) is 48.5 Å². The lowest BCUT2D eigenvalue weighted by atomic mass is 9.96. The number of piperidine rings is 1. The molecule has 9 nitrogen and oxygen atoms in total. The van der Waals surface area contributed by atoms with Crippen LogP contribution in [0.5, 0.6) is 11.5 Å². The normalized spacial score (nSPS) is 17.2. The Morgan fingerprint density at radius 2 is 1.67 bits per heavy atom. The molecule has 2 aliphatic heterocycles. The van der Waals surface area contributed by atoms with Crippen molar-refractivity contribution in [1.29, 1.82) is 0 Å². The highest BCUT2D eigenvalue weighted by molar-refractivity contribution is 6.16. The summed E-state index contributed by atoms with van der Waals surface area (Å²) in [6.45, 7) is 5.45. The fraction of sp³-hybridized carbons (Fsp3) is 0.281. The maximum Gasteiger partial charge on any atom is 0.337 e. The third kappa shape index (κ3) is 6.07. The number of rotatable bonds is 9. The first-order valence-corrected chi connectivity index (χ1v) is 13.6. The van der Waals surface area contributed by atoms with Crippen molar-refractivity contribution in [3.8, 4) is 11.5 Å². The van der Waals surface area contributed by atoms with Crippen LogP contribution in [0.15, 0.2) is 84.0 Å². The monoisotopic (exact) mass is 573 g/mol. The van der Waals surface area contributed by atoms with Crippen molar-refractivity contribution in [3.05, 3.63) is 95.8 Å². The number of esters is 1. The second-order valence-electron chi connectivity index (χ2n) is 10.1. The Bertz CT molecular complexity index is 1500. The molecule has 10 heteroatoms.